The third-order valence-corrected chi connectivity index (χ3v) is 3.78. The molecule has 1 fully saturated rings. The zero-order valence-electron chi connectivity index (χ0n) is 14.6. The summed E-state index contributed by atoms with van der Waals surface area (Å²) in [5, 5.41) is 2.93. The van der Waals surface area contributed by atoms with Crippen LogP contribution in [0.2, 0.25) is 0 Å². The Morgan fingerprint density at radius 2 is 1.77 bits per heavy atom. The third-order valence-electron chi connectivity index (χ3n) is 3.78. The minimum Gasteiger partial charge on any atom is -0.444 e. The molecule has 1 aliphatic rings. The Morgan fingerprint density at radius 1 is 1.14 bits per heavy atom. The number of carbonyl (C=O) groups is 2. The molecule has 5 heteroatoms. The van der Waals surface area contributed by atoms with Gasteiger partial charge >= 0.3 is 6.09 Å². The summed E-state index contributed by atoms with van der Waals surface area (Å²) in [6.07, 6.45) is 7.55. The molecule has 1 atom stereocenters. The van der Waals surface area contributed by atoms with Crippen molar-refractivity contribution in [2.24, 2.45) is 0 Å². The second-order valence-corrected chi connectivity index (χ2v) is 7.04. The molecule has 1 aliphatic heterocycles. The Labute approximate surface area is 134 Å². The van der Waals surface area contributed by atoms with E-state index in [2.05, 4.69) is 12.2 Å². The number of nitrogens with zero attached hydrogens (tertiary/aromatic N) is 1. The zero-order chi connectivity index (χ0) is 16.6. The summed E-state index contributed by atoms with van der Waals surface area (Å²) in [6.45, 7) is 9.00. The fourth-order valence-corrected chi connectivity index (χ4v) is 2.43. The number of unbranched alkanes of at least 4 members (excludes halogenated alkanes) is 5. The SMILES string of the molecule is CCCCCCCCNC(=O)[C@@H]1CCN1C(=O)OC(C)(C)C. The Balaban J connectivity index is 2.19. The highest BCUT2D eigenvalue weighted by atomic mass is 16.6. The van der Waals surface area contributed by atoms with Crippen LogP contribution in [-0.2, 0) is 9.53 Å². The van der Waals surface area contributed by atoms with E-state index in [1.165, 1.54) is 30.6 Å². The van der Waals surface area contributed by atoms with Crippen LogP contribution in [0.25, 0.3) is 0 Å². The first-order valence-corrected chi connectivity index (χ1v) is 8.62. The number of hydrogen-bond acceptors (Lipinski definition) is 3. The highest BCUT2D eigenvalue weighted by Gasteiger charge is 2.39. The van der Waals surface area contributed by atoms with E-state index in [9.17, 15) is 9.59 Å². The van der Waals surface area contributed by atoms with Crippen LogP contribution in [0.1, 0.15) is 72.6 Å². The van der Waals surface area contributed by atoms with Gasteiger partial charge in [0, 0.05) is 13.1 Å². The van der Waals surface area contributed by atoms with Crippen LogP contribution in [0, 0.1) is 0 Å². The van der Waals surface area contributed by atoms with Gasteiger partial charge in [0.15, 0.2) is 0 Å². The van der Waals surface area contributed by atoms with Crippen molar-refractivity contribution in [2.75, 3.05) is 13.1 Å². The standard InChI is InChI=1S/C17H32N2O3/c1-5-6-7-8-9-10-12-18-15(20)14-11-13-19(14)16(21)22-17(2,3)4/h14H,5-13H2,1-4H3,(H,18,20)/t14-/m0/s1. The van der Waals surface area contributed by atoms with E-state index in [4.69, 9.17) is 4.74 Å². The summed E-state index contributed by atoms with van der Waals surface area (Å²) in [6, 6.07) is -0.352. The number of amides is 2. The first-order chi connectivity index (χ1) is 10.3. The smallest absolute Gasteiger partial charge is 0.410 e. The summed E-state index contributed by atoms with van der Waals surface area (Å²) in [7, 11) is 0. The maximum atomic E-state index is 12.1. The minimum absolute atomic E-state index is 0.0503. The van der Waals surface area contributed by atoms with Gasteiger partial charge in [0.1, 0.15) is 11.6 Å². The predicted molar refractivity (Wildman–Crippen MR) is 87.7 cm³/mol. The molecule has 1 N–H and O–H groups in total. The summed E-state index contributed by atoms with van der Waals surface area (Å²) in [4.78, 5) is 25.6. The van der Waals surface area contributed by atoms with Gasteiger partial charge in [-0.3, -0.25) is 9.69 Å². The molecule has 0 spiro atoms. The lowest BCUT2D eigenvalue weighted by Gasteiger charge is -2.40. The van der Waals surface area contributed by atoms with Gasteiger partial charge in [-0.1, -0.05) is 39.0 Å². The monoisotopic (exact) mass is 312 g/mol. The van der Waals surface area contributed by atoms with Crippen molar-refractivity contribution in [1.82, 2.24) is 10.2 Å². The van der Waals surface area contributed by atoms with Crippen LogP contribution in [0.4, 0.5) is 4.79 Å². The van der Waals surface area contributed by atoms with E-state index < -0.39 is 11.7 Å². The molecule has 0 bridgehead atoms. The molecule has 1 saturated heterocycles. The lowest BCUT2D eigenvalue weighted by Crippen LogP contribution is -2.59. The Kier molecular flexibility index (Phi) is 7.69. The maximum Gasteiger partial charge on any atom is 0.410 e. The van der Waals surface area contributed by atoms with Crippen LogP contribution in [0.15, 0.2) is 0 Å². The maximum absolute atomic E-state index is 12.1. The van der Waals surface area contributed by atoms with Crippen molar-refractivity contribution in [2.45, 2.75) is 84.3 Å². The molecule has 0 unspecified atom stereocenters. The van der Waals surface area contributed by atoms with Crippen molar-refractivity contribution in [1.29, 1.82) is 0 Å². The van der Waals surface area contributed by atoms with Crippen molar-refractivity contribution >= 4 is 12.0 Å². The lowest BCUT2D eigenvalue weighted by molar-refractivity contribution is -0.130. The molecule has 1 rings (SSSR count). The lowest BCUT2D eigenvalue weighted by atomic mass is 10.0. The Morgan fingerprint density at radius 3 is 2.32 bits per heavy atom. The molecule has 1 heterocycles. The molecule has 2 amide bonds. The second-order valence-electron chi connectivity index (χ2n) is 7.04. The molecule has 0 aromatic rings. The largest absolute Gasteiger partial charge is 0.444 e. The Bertz CT molecular complexity index is 363. The number of carbonyl (C=O) groups excluding carboxylic acids is 2. The number of likely N-dealkylation sites (tertiary alicyclic amines) is 1. The van der Waals surface area contributed by atoms with E-state index in [0.717, 1.165) is 19.3 Å². The fraction of sp³-hybridized carbons (Fsp3) is 0.882. The van der Waals surface area contributed by atoms with Gasteiger partial charge in [0.2, 0.25) is 5.91 Å². The van der Waals surface area contributed by atoms with Crippen LogP contribution in [0.3, 0.4) is 0 Å². The van der Waals surface area contributed by atoms with E-state index >= 15 is 0 Å². The molecule has 0 radical (unpaired) electrons. The number of nitrogens with one attached hydrogen (secondary N) is 1. The highest BCUT2D eigenvalue weighted by molar-refractivity contribution is 5.87. The van der Waals surface area contributed by atoms with Crippen molar-refractivity contribution in [3.05, 3.63) is 0 Å². The van der Waals surface area contributed by atoms with Gasteiger partial charge in [-0.05, 0) is 33.6 Å². The molecular weight excluding hydrogens is 280 g/mol. The summed E-state index contributed by atoms with van der Waals surface area (Å²) < 4.78 is 5.31. The summed E-state index contributed by atoms with van der Waals surface area (Å²) in [5.74, 6) is -0.0503. The van der Waals surface area contributed by atoms with E-state index in [1.807, 2.05) is 20.8 Å². The molecule has 5 nitrogen and oxygen atoms in total. The van der Waals surface area contributed by atoms with Crippen LogP contribution >= 0.6 is 0 Å². The number of ether oxygens (including phenoxy) is 1. The van der Waals surface area contributed by atoms with Crippen LogP contribution in [-0.4, -0.2) is 41.6 Å². The van der Waals surface area contributed by atoms with Crippen LogP contribution < -0.4 is 5.32 Å². The average Bonchev–Trinajstić information content (AvgIpc) is 2.34. The topological polar surface area (TPSA) is 58.6 Å². The van der Waals surface area contributed by atoms with E-state index in [1.54, 1.807) is 0 Å². The van der Waals surface area contributed by atoms with E-state index in [-0.39, 0.29) is 11.9 Å². The number of rotatable bonds is 8. The van der Waals surface area contributed by atoms with Gasteiger partial charge < -0.3 is 10.1 Å². The Hall–Kier alpha value is -1.26. The van der Waals surface area contributed by atoms with Gasteiger partial charge in [0.05, 0.1) is 0 Å². The minimum atomic E-state index is -0.522. The fourth-order valence-electron chi connectivity index (χ4n) is 2.43. The van der Waals surface area contributed by atoms with Crippen molar-refractivity contribution in [3.8, 4) is 0 Å². The van der Waals surface area contributed by atoms with Crippen LogP contribution in [0.5, 0.6) is 0 Å². The quantitative estimate of drug-likeness (QED) is 0.698. The predicted octanol–water partition coefficient (Wildman–Crippen LogP) is 3.47. The zero-order valence-corrected chi connectivity index (χ0v) is 14.6. The summed E-state index contributed by atoms with van der Waals surface area (Å²) in [5.41, 5.74) is -0.522. The van der Waals surface area contributed by atoms with Gasteiger partial charge in [-0.2, -0.15) is 0 Å². The van der Waals surface area contributed by atoms with Crippen molar-refractivity contribution < 1.29 is 14.3 Å². The normalized spacial score (nSPS) is 17.8. The highest BCUT2D eigenvalue weighted by Crippen LogP contribution is 2.21. The summed E-state index contributed by atoms with van der Waals surface area (Å²) >= 11 is 0. The number of hydrogen-bond donors (Lipinski definition) is 1. The molecule has 0 aromatic heterocycles. The molecular formula is C17H32N2O3. The molecule has 0 aliphatic carbocycles. The first-order valence-electron chi connectivity index (χ1n) is 8.62. The molecule has 0 saturated carbocycles. The van der Waals surface area contributed by atoms with Gasteiger partial charge in [0.25, 0.3) is 0 Å². The molecule has 22 heavy (non-hydrogen) atoms. The van der Waals surface area contributed by atoms with Gasteiger partial charge in [-0.15, -0.1) is 0 Å². The molecule has 128 valence electrons. The average molecular weight is 312 g/mol. The molecule has 0 aromatic carbocycles. The van der Waals surface area contributed by atoms with Gasteiger partial charge in [-0.25, -0.2) is 4.79 Å². The van der Waals surface area contributed by atoms with Crippen molar-refractivity contribution in [3.63, 3.8) is 0 Å². The second kappa shape index (κ2) is 9.01. The first kappa shape index (κ1) is 18.8. The van der Waals surface area contributed by atoms with E-state index in [0.29, 0.717) is 13.1 Å². The third kappa shape index (κ3) is 6.67.